The van der Waals surface area contributed by atoms with E-state index in [1.165, 1.54) is 4.90 Å². The molecule has 2 aliphatic rings. The summed E-state index contributed by atoms with van der Waals surface area (Å²) in [4.78, 5) is 44.6. The SMILES string of the molecule is CCCC1C(C(=O)N2CCC(O)(c3ccccc3OCCCCC(=O)O)CC2)CCCN1C(=O)c1cnccc1C(F)(F)F.Oc1csc(C(F)(F)CF)c1. The predicted octanol–water partition coefficient (Wildman–Crippen LogP) is 7.78. The monoisotopic (exact) mass is 801 g/mol. The smallest absolute Gasteiger partial charge is 0.417 e. The van der Waals surface area contributed by atoms with Crippen molar-refractivity contribution in [3.63, 3.8) is 0 Å². The molecule has 1 aromatic carbocycles. The number of carbonyl (C=O) groups excluding carboxylic acids is 2. The summed E-state index contributed by atoms with van der Waals surface area (Å²) in [5.74, 6) is -5.54. The number of alkyl halides is 6. The van der Waals surface area contributed by atoms with Crippen LogP contribution in [0.2, 0.25) is 0 Å². The number of hydrogen-bond acceptors (Lipinski definition) is 8. The fourth-order valence-corrected chi connectivity index (χ4v) is 7.67. The second kappa shape index (κ2) is 19.0. The van der Waals surface area contributed by atoms with E-state index in [9.17, 15) is 45.8 Å². The second-order valence-electron chi connectivity index (χ2n) is 13.6. The van der Waals surface area contributed by atoms with Gasteiger partial charge in [0.1, 0.15) is 11.5 Å². The maximum atomic E-state index is 13.9. The van der Waals surface area contributed by atoms with Crippen LogP contribution in [-0.2, 0) is 27.3 Å². The molecule has 2 aliphatic heterocycles. The molecule has 4 heterocycles. The highest BCUT2D eigenvalue weighted by Crippen LogP contribution is 2.40. The van der Waals surface area contributed by atoms with Gasteiger partial charge in [-0.05, 0) is 63.1 Å². The molecule has 2 atom stereocenters. The zero-order chi connectivity index (χ0) is 40.4. The molecule has 10 nitrogen and oxygen atoms in total. The molecule has 55 heavy (non-hydrogen) atoms. The number of benzene rings is 1. The number of para-hydroxylation sites is 1. The van der Waals surface area contributed by atoms with Gasteiger partial charge in [-0.2, -0.15) is 22.0 Å². The predicted molar refractivity (Wildman–Crippen MR) is 191 cm³/mol. The second-order valence-corrected chi connectivity index (χ2v) is 14.5. The number of unbranched alkanes of at least 4 members (excludes halogenated alkanes) is 1. The number of piperidine rings is 2. The van der Waals surface area contributed by atoms with E-state index in [1.54, 1.807) is 29.2 Å². The third kappa shape index (κ3) is 11.1. The quantitative estimate of drug-likeness (QED) is 0.118. The zero-order valence-corrected chi connectivity index (χ0v) is 31.1. The average Bonchev–Trinajstić information content (AvgIpc) is 3.62. The van der Waals surface area contributed by atoms with Gasteiger partial charge >= 0.3 is 18.1 Å². The van der Waals surface area contributed by atoms with Crippen LogP contribution >= 0.6 is 11.3 Å². The van der Waals surface area contributed by atoms with Crippen LogP contribution in [0.15, 0.2) is 54.2 Å². The van der Waals surface area contributed by atoms with Gasteiger partial charge in [-0.25, -0.2) is 4.39 Å². The number of thiophene rings is 1. The molecule has 2 saturated heterocycles. The number of carboxylic acids is 1. The molecule has 2 aromatic heterocycles. The fourth-order valence-electron chi connectivity index (χ4n) is 6.94. The number of pyridine rings is 1. The van der Waals surface area contributed by atoms with E-state index in [1.807, 2.05) is 6.92 Å². The first-order valence-corrected chi connectivity index (χ1v) is 18.9. The van der Waals surface area contributed by atoms with E-state index < -0.39 is 64.2 Å². The largest absolute Gasteiger partial charge is 0.507 e. The van der Waals surface area contributed by atoms with Gasteiger partial charge in [0.2, 0.25) is 5.91 Å². The summed E-state index contributed by atoms with van der Waals surface area (Å²) in [6.45, 7) is 1.29. The minimum absolute atomic E-state index is 0.0584. The van der Waals surface area contributed by atoms with Crippen LogP contribution in [0.5, 0.6) is 11.5 Å². The van der Waals surface area contributed by atoms with Crippen molar-refractivity contribution >= 4 is 29.1 Å². The third-order valence-corrected chi connectivity index (χ3v) is 10.8. The molecular formula is C38H45F6N3O7S. The number of carboxylic acid groups (broad SMARTS) is 1. The molecule has 2 amide bonds. The molecule has 0 aliphatic carbocycles. The van der Waals surface area contributed by atoms with Crippen molar-refractivity contribution in [2.24, 2.45) is 5.92 Å². The lowest BCUT2D eigenvalue weighted by atomic mass is 9.81. The van der Waals surface area contributed by atoms with E-state index in [0.717, 1.165) is 29.9 Å². The summed E-state index contributed by atoms with van der Waals surface area (Å²) >= 11 is 0.641. The van der Waals surface area contributed by atoms with Gasteiger partial charge in [0.15, 0.2) is 6.67 Å². The minimum atomic E-state index is -4.71. The first-order valence-electron chi connectivity index (χ1n) is 18.0. The summed E-state index contributed by atoms with van der Waals surface area (Å²) in [5.41, 5.74) is -2.18. The summed E-state index contributed by atoms with van der Waals surface area (Å²) in [6, 6.07) is 8.27. The standard InChI is InChI=1S/C32H40F3N3O6.C6H5F3OS/c1-2-8-26-22(9-7-17-38(26)30(42)23-21-36-16-13-24(23)32(33,34)35)29(41)37-18-14-31(43,15-19-37)25-10-3-4-11-27(25)44-20-6-5-12-28(39)40;7-3-6(8,9)5-1-4(10)2-11-5/h3-4,10-11,13,16,21-22,26,43H,2,5-9,12,14-15,17-20H2,1H3,(H,39,40);1-2,10H,3H2. The van der Waals surface area contributed by atoms with Crippen LogP contribution in [0.1, 0.15) is 91.1 Å². The van der Waals surface area contributed by atoms with Crippen molar-refractivity contribution in [3.05, 3.63) is 75.7 Å². The van der Waals surface area contributed by atoms with E-state index >= 15 is 0 Å². The third-order valence-electron chi connectivity index (χ3n) is 9.75. The zero-order valence-electron chi connectivity index (χ0n) is 30.2. The van der Waals surface area contributed by atoms with Crippen molar-refractivity contribution < 1.29 is 60.8 Å². The van der Waals surface area contributed by atoms with Crippen LogP contribution in [-0.4, -0.2) is 86.8 Å². The number of hydrogen-bond donors (Lipinski definition) is 3. The van der Waals surface area contributed by atoms with E-state index in [4.69, 9.17) is 14.9 Å². The molecular weight excluding hydrogens is 756 g/mol. The van der Waals surface area contributed by atoms with Gasteiger partial charge in [0.25, 0.3) is 5.91 Å². The molecule has 0 spiro atoms. The Hall–Kier alpha value is -4.38. The Morgan fingerprint density at radius 3 is 2.38 bits per heavy atom. The summed E-state index contributed by atoms with van der Waals surface area (Å²) in [6.07, 6.45) is 0.976. The number of rotatable bonds is 13. The number of carbonyl (C=O) groups is 3. The minimum Gasteiger partial charge on any atom is -0.507 e. The Morgan fingerprint density at radius 1 is 1.05 bits per heavy atom. The number of likely N-dealkylation sites (tertiary alicyclic amines) is 2. The highest BCUT2D eigenvalue weighted by molar-refractivity contribution is 7.10. The normalized spacial score (nSPS) is 18.6. The van der Waals surface area contributed by atoms with Crippen molar-refractivity contribution in [3.8, 4) is 11.5 Å². The summed E-state index contributed by atoms with van der Waals surface area (Å²) < 4.78 is 83.5. The highest BCUT2D eigenvalue weighted by Gasteiger charge is 2.44. The van der Waals surface area contributed by atoms with Crippen LogP contribution in [0.4, 0.5) is 26.3 Å². The number of aromatic nitrogens is 1. The fraction of sp³-hybridized carbons (Fsp3) is 0.526. The number of amides is 2. The number of halogens is 6. The summed E-state index contributed by atoms with van der Waals surface area (Å²) in [7, 11) is 0. The molecule has 5 rings (SSSR count). The lowest BCUT2D eigenvalue weighted by Gasteiger charge is -2.45. The molecule has 302 valence electrons. The Bertz CT molecular complexity index is 1750. The molecule has 3 aromatic rings. The first kappa shape index (κ1) is 43.3. The van der Waals surface area contributed by atoms with Gasteiger partial charge in [-0.15, -0.1) is 11.3 Å². The van der Waals surface area contributed by atoms with Crippen molar-refractivity contribution in [1.29, 1.82) is 0 Å². The lowest BCUT2D eigenvalue weighted by molar-refractivity contribution is -0.144. The first-order chi connectivity index (χ1) is 26.0. The molecule has 2 unspecified atom stereocenters. The Labute approximate surface area is 318 Å². The highest BCUT2D eigenvalue weighted by atomic mass is 32.1. The van der Waals surface area contributed by atoms with Crippen LogP contribution < -0.4 is 4.74 Å². The molecule has 0 saturated carbocycles. The van der Waals surface area contributed by atoms with Crippen LogP contribution in [0.25, 0.3) is 0 Å². The lowest BCUT2D eigenvalue weighted by Crippen LogP contribution is -2.55. The average molecular weight is 802 g/mol. The number of aliphatic hydroxyl groups is 1. The van der Waals surface area contributed by atoms with Crippen LogP contribution in [0.3, 0.4) is 0 Å². The number of aromatic hydroxyl groups is 1. The molecule has 0 bridgehead atoms. The molecule has 2 fully saturated rings. The van der Waals surface area contributed by atoms with Gasteiger partial charge in [0.05, 0.1) is 34.1 Å². The molecule has 17 heteroatoms. The molecule has 0 radical (unpaired) electrons. The molecule has 3 N–H and O–H groups in total. The van der Waals surface area contributed by atoms with E-state index in [2.05, 4.69) is 4.98 Å². The number of ether oxygens (including phenoxy) is 1. The van der Waals surface area contributed by atoms with Gasteiger partial charge in [0, 0.05) is 55.4 Å². The van der Waals surface area contributed by atoms with Gasteiger partial charge in [-0.1, -0.05) is 31.5 Å². The van der Waals surface area contributed by atoms with Crippen molar-refractivity contribution in [2.45, 2.75) is 88.5 Å². The topological polar surface area (TPSA) is 140 Å². The maximum absolute atomic E-state index is 13.9. The van der Waals surface area contributed by atoms with Gasteiger partial charge < -0.3 is 29.9 Å². The summed E-state index contributed by atoms with van der Waals surface area (Å²) in [5, 5.41) is 30.3. The Kier molecular flexibility index (Phi) is 15.0. The Balaban J connectivity index is 0.000000525. The van der Waals surface area contributed by atoms with E-state index in [-0.39, 0.29) is 50.6 Å². The Morgan fingerprint density at radius 2 is 1.76 bits per heavy atom. The van der Waals surface area contributed by atoms with Crippen LogP contribution in [0, 0.1) is 5.92 Å². The number of aliphatic carboxylic acids is 1. The van der Waals surface area contributed by atoms with Crippen molar-refractivity contribution in [2.75, 3.05) is 32.9 Å². The van der Waals surface area contributed by atoms with Gasteiger partial charge in [-0.3, -0.25) is 19.4 Å². The number of nitrogens with zero attached hydrogens (tertiary/aromatic N) is 3. The van der Waals surface area contributed by atoms with E-state index in [0.29, 0.717) is 67.8 Å². The van der Waals surface area contributed by atoms with Crippen molar-refractivity contribution in [1.82, 2.24) is 14.8 Å². The maximum Gasteiger partial charge on any atom is 0.417 e.